The summed E-state index contributed by atoms with van der Waals surface area (Å²) < 4.78 is 27.8. The van der Waals surface area contributed by atoms with Crippen molar-refractivity contribution in [1.29, 1.82) is 5.26 Å². The lowest BCUT2D eigenvalue weighted by Crippen LogP contribution is -2.35. The summed E-state index contributed by atoms with van der Waals surface area (Å²) in [6.07, 6.45) is 0.524. The van der Waals surface area contributed by atoms with Gasteiger partial charge in [0, 0.05) is 23.7 Å². The van der Waals surface area contributed by atoms with E-state index in [0.29, 0.717) is 17.1 Å². The fourth-order valence-electron chi connectivity index (χ4n) is 2.75. The van der Waals surface area contributed by atoms with E-state index in [1.54, 1.807) is 24.3 Å². The SMILES string of the molecule is N#CCCN(C(=O)COC(=O)CC1CCS(=O)(=O)C1)c1cccc(Cl)c1. The van der Waals surface area contributed by atoms with Crippen LogP contribution in [0.3, 0.4) is 0 Å². The zero-order valence-corrected chi connectivity index (χ0v) is 15.6. The van der Waals surface area contributed by atoms with E-state index in [0.717, 1.165) is 0 Å². The summed E-state index contributed by atoms with van der Waals surface area (Å²) in [5, 5.41) is 9.21. The van der Waals surface area contributed by atoms with Crippen molar-refractivity contribution in [1.82, 2.24) is 0 Å². The molecular formula is C17H19ClN2O5S. The van der Waals surface area contributed by atoms with E-state index in [4.69, 9.17) is 21.6 Å². The van der Waals surface area contributed by atoms with Gasteiger partial charge >= 0.3 is 5.97 Å². The van der Waals surface area contributed by atoms with Gasteiger partial charge in [-0.3, -0.25) is 9.59 Å². The largest absolute Gasteiger partial charge is 0.456 e. The zero-order chi connectivity index (χ0) is 19.2. The Labute approximate surface area is 157 Å². The fraction of sp³-hybridized carbons (Fsp3) is 0.471. The number of carbonyl (C=O) groups is 2. The summed E-state index contributed by atoms with van der Waals surface area (Å²) >= 11 is 5.94. The molecule has 1 unspecified atom stereocenters. The lowest BCUT2D eigenvalue weighted by Gasteiger charge is -2.22. The minimum Gasteiger partial charge on any atom is -0.456 e. The van der Waals surface area contributed by atoms with Crippen molar-refractivity contribution < 1.29 is 22.7 Å². The van der Waals surface area contributed by atoms with Gasteiger partial charge in [0.1, 0.15) is 0 Å². The third-order valence-corrected chi connectivity index (χ3v) is 6.08. The van der Waals surface area contributed by atoms with Crippen LogP contribution in [0.2, 0.25) is 5.02 Å². The second-order valence-corrected chi connectivity index (χ2v) is 8.73. The maximum Gasteiger partial charge on any atom is 0.306 e. The van der Waals surface area contributed by atoms with Crippen molar-refractivity contribution >= 4 is 39.0 Å². The molecule has 9 heteroatoms. The molecule has 1 aliphatic rings. The molecule has 1 fully saturated rings. The van der Waals surface area contributed by atoms with Gasteiger partial charge in [-0.05, 0) is 30.5 Å². The monoisotopic (exact) mass is 398 g/mol. The number of nitriles is 1. The van der Waals surface area contributed by atoms with Crippen molar-refractivity contribution in [2.24, 2.45) is 5.92 Å². The Balaban J connectivity index is 1.92. The molecule has 26 heavy (non-hydrogen) atoms. The number of halogens is 1. The number of hydrogen-bond donors (Lipinski definition) is 0. The van der Waals surface area contributed by atoms with Crippen molar-refractivity contribution in [3.63, 3.8) is 0 Å². The summed E-state index contributed by atoms with van der Waals surface area (Å²) in [4.78, 5) is 25.6. The highest BCUT2D eigenvalue weighted by Crippen LogP contribution is 2.22. The molecular weight excluding hydrogens is 380 g/mol. The Kier molecular flexibility index (Phi) is 7.00. The van der Waals surface area contributed by atoms with E-state index in [9.17, 15) is 18.0 Å². The highest BCUT2D eigenvalue weighted by Gasteiger charge is 2.30. The van der Waals surface area contributed by atoms with E-state index in [1.165, 1.54) is 4.90 Å². The molecule has 0 aromatic heterocycles. The third kappa shape index (κ3) is 6.00. The quantitative estimate of drug-likeness (QED) is 0.650. The molecule has 1 aromatic carbocycles. The maximum atomic E-state index is 12.4. The van der Waals surface area contributed by atoms with Crippen molar-refractivity contribution in [2.45, 2.75) is 19.3 Å². The minimum absolute atomic E-state index is 0.0210. The summed E-state index contributed by atoms with van der Waals surface area (Å²) in [6, 6.07) is 8.56. The number of sulfone groups is 1. The van der Waals surface area contributed by atoms with Crippen LogP contribution < -0.4 is 4.90 Å². The van der Waals surface area contributed by atoms with Crippen LogP contribution in [0.4, 0.5) is 5.69 Å². The number of esters is 1. The third-order valence-electron chi connectivity index (χ3n) is 4.01. The molecule has 0 N–H and O–H groups in total. The summed E-state index contributed by atoms with van der Waals surface area (Å²) in [7, 11) is -3.06. The molecule has 7 nitrogen and oxygen atoms in total. The first-order valence-corrected chi connectivity index (χ1v) is 10.3. The average molecular weight is 399 g/mol. The van der Waals surface area contributed by atoms with Crippen LogP contribution in [0.5, 0.6) is 0 Å². The van der Waals surface area contributed by atoms with Gasteiger partial charge in [-0.15, -0.1) is 0 Å². The van der Waals surface area contributed by atoms with Gasteiger partial charge in [-0.25, -0.2) is 8.42 Å². The van der Waals surface area contributed by atoms with Crippen LogP contribution in [-0.4, -0.2) is 45.0 Å². The first-order chi connectivity index (χ1) is 12.3. The second kappa shape index (κ2) is 9.01. The molecule has 1 aromatic rings. The van der Waals surface area contributed by atoms with Gasteiger partial charge in [0.15, 0.2) is 16.4 Å². The van der Waals surface area contributed by atoms with Gasteiger partial charge in [-0.2, -0.15) is 5.26 Å². The zero-order valence-electron chi connectivity index (χ0n) is 14.1. The lowest BCUT2D eigenvalue weighted by molar-refractivity contribution is -0.148. The first-order valence-electron chi connectivity index (χ1n) is 8.09. The Morgan fingerprint density at radius 2 is 2.15 bits per heavy atom. The van der Waals surface area contributed by atoms with Crippen LogP contribution >= 0.6 is 11.6 Å². The molecule has 1 amide bonds. The van der Waals surface area contributed by atoms with E-state index in [-0.39, 0.29) is 36.8 Å². The van der Waals surface area contributed by atoms with Gasteiger partial charge in [-0.1, -0.05) is 17.7 Å². The summed E-state index contributed by atoms with van der Waals surface area (Å²) in [5.41, 5.74) is 0.510. The molecule has 0 saturated carbocycles. The van der Waals surface area contributed by atoms with Crippen molar-refractivity contribution in [3.8, 4) is 6.07 Å². The molecule has 0 radical (unpaired) electrons. The molecule has 1 saturated heterocycles. The molecule has 0 bridgehead atoms. The summed E-state index contributed by atoms with van der Waals surface area (Å²) in [6.45, 7) is -0.329. The van der Waals surface area contributed by atoms with Crippen molar-refractivity contribution in [3.05, 3.63) is 29.3 Å². The minimum atomic E-state index is -3.06. The van der Waals surface area contributed by atoms with Gasteiger partial charge in [0.25, 0.3) is 5.91 Å². The molecule has 1 aliphatic heterocycles. The number of amides is 1. The summed E-state index contributed by atoms with van der Waals surface area (Å²) in [5.74, 6) is -1.28. The number of anilines is 1. The standard InChI is InChI=1S/C17H19ClN2O5S/c18-14-3-1-4-15(10-14)20(7-2-6-19)16(21)11-25-17(22)9-13-5-8-26(23,24)12-13/h1,3-4,10,13H,2,5,7-9,11-12H2. The van der Waals surface area contributed by atoms with E-state index in [2.05, 4.69) is 0 Å². The number of benzene rings is 1. The smallest absolute Gasteiger partial charge is 0.306 e. The highest BCUT2D eigenvalue weighted by atomic mass is 35.5. The molecule has 0 aliphatic carbocycles. The molecule has 1 heterocycles. The molecule has 0 spiro atoms. The molecule has 140 valence electrons. The number of rotatable bonds is 7. The number of nitrogens with zero attached hydrogens (tertiary/aromatic N) is 2. The predicted molar refractivity (Wildman–Crippen MR) is 96.4 cm³/mol. The first kappa shape index (κ1) is 20.2. The van der Waals surface area contributed by atoms with E-state index in [1.807, 2.05) is 6.07 Å². The lowest BCUT2D eigenvalue weighted by atomic mass is 10.1. The number of carbonyl (C=O) groups excluding carboxylic acids is 2. The number of ether oxygens (including phenoxy) is 1. The Morgan fingerprint density at radius 3 is 2.77 bits per heavy atom. The van der Waals surface area contributed by atoms with Crippen LogP contribution in [0.1, 0.15) is 19.3 Å². The topological polar surface area (TPSA) is 105 Å². The van der Waals surface area contributed by atoms with Crippen molar-refractivity contribution in [2.75, 3.05) is 29.6 Å². The Bertz CT molecular complexity index is 819. The maximum absolute atomic E-state index is 12.4. The molecule has 1 atom stereocenters. The number of hydrogen-bond acceptors (Lipinski definition) is 6. The second-order valence-electron chi connectivity index (χ2n) is 6.07. The predicted octanol–water partition coefficient (Wildman–Crippen LogP) is 1.95. The van der Waals surface area contributed by atoms with Crippen LogP contribution in [0.25, 0.3) is 0 Å². The van der Waals surface area contributed by atoms with Crippen LogP contribution in [0, 0.1) is 17.2 Å². The normalized spacial score (nSPS) is 18.1. The molecule has 2 rings (SSSR count). The average Bonchev–Trinajstić information content (AvgIpc) is 2.92. The Hall–Kier alpha value is -2.11. The van der Waals surface area contributed by atoms with E-state index < -0.39 is 28.3 Å². The van der Waals surface area contributed by atoms with Gasteiger partial charge < -0.3 is 9.64 Å². The van der Waals surface area contributed by atoms with Gasteiger partial charge in [0.05, 0.1) is 24.0 Å². The van der Waals surface area contributed by atoms with E-state index >= 15 is 0 Å². The fourth-order valence-corrected chi connectivity index (χ4v) is 4.80. The van der Waals surface area contributed by atoms with Gasteiger partial charge in [0.2, 0.25) is 0 Å². The van der Waals surface area contributed by atoms with Crippen LogP contribution in [-0.2, 0) is 24.2 Å². The van der Waals surface area contributed by atoms with Crippen LogP contribution in [0.15, 0.2) is 24.3 Å². The Morgan fingerprint density at radius 1 is 1.38 bits per heavy atom. The highest BCUT2D eigenvalue weighted by molar-refractivity contribution is 7.91.